The summed E-state index contributed by atoms with van der Waals surface area (Å²) in [5, 5.41) is 21.9. The van der Waals surface area contributed by atoms with Crippen LogP contribution in [0.3, 0.4) is 0 Å². The molecule has 0 heterocycles. The first kappa shape index (κ1) is 22.8. The summed E-state index contributed by atoms with van der Waals surface area (Å²) in [6.07, 6.45) is 1.37. The van der Waals surface area contributed by atoms with Crippen molar-refractivity contribution < 1.29 is 24.5 Å². The molecule has 0 saturated heterocycles. The molecule has 0 aliphatic rings. The fourth-order valence-electron chi connectivity index (χ4n) is 2.12. The van der Waals surface area contributed by atoms with Gasteiger partial charge in [0.25, 0.3) is 0 Å². The second-order valence-electron chi connectivity index (χ2n) is 7.23. The number of nitrogens with one attached hydrogen (secondary N) is 1. The molecule has 27 heavy (non-hydrogen) atoms. The van der Waals surface area contributed by atoms with Crippen molar-refractivity contribution in [3.8, 4) is 17.6 Å². The zero-order valence-electron chi connectivity index (χ0n) is 16.6. The highest BCUT2D eigenvalue weighted by molar-refractivity contribution is 5.68. The van der Waals surface area contributed by atoms with Crippen molar-refractivity contribution in [1.82, 2.24) is 5.32 Å². The molecule has 3 N–H and O–H groups in total. The molecular formula is C21H31NO5. The van der Waals surface area contributed by atoms with Crippen LogP contribution in [0.2, 0.25) is 0 Å². The van der Waals surface area contributed by atoms with Crippen molar-refractivity contribution in [3.05, 3.63) is 29.8 Å². The fraction of sp³-hybridized carbons (Fsp3) is 0.571. The van der Waals surface area contributed by atoms with Gasteiger partial charge in [0.2, 0.25) is 0 Å². The van der Waals surface area contributed by atoms with Crippen LogP contribution in [-0.2, 0) is 4.74 Å². The lowest BCUT2D eigenvalue weighted by Crippen LogP contribution is -2.47. The van der Waals surface area contributed by atoms with E-state index in [2.05, 4.69) is 24.1 Å². The molecule has 1 rings (SSSR count). The molecule has 0 aliphatic carbocycles. The monoisotopic (exact) mass is 377 g/mol. The van der Waals surface area contributed by atoms with Gasteiger partial charge >= 0.3 is 6.09 Å². The fourth-order valence-corrected chi connectivity index (χ4v) is 2.12. The summed E-state index contributed by atoms with van der Waals surface area (Å²) in [6, 6.07) is 6.30. The highest BCUT2D eigenvalue weighted by Gasteiger charge is 2.22. The van der Waals surface area contributed by atoms with Crippen LogP contribution in [0.4, 0.5) is 4.79 Å². The molecule has 2 unspecified atom stereocenters. The number of carbonyl (C=O) groups excluding carboxylic acids is 1. The van der Waals surface area contributed by atoms with Gasteiger partial charge in [-0.15, -0.1) is 0 Å². The van der Waals surface area contributed by atoms with Crippen molar-refractivity contribution >= 4 is 6.09 Å². The second-order valence-corrected chi connectivity index (χ2v) is 7.23. The van der Waals surface area contributed by atoms with E-state index in [4.69, 9.17) is 9.47 Å². The van der Waals surface area contributed by atoms with Gasteiger partial charge in [-0.2, -0.15) is 0 Å². The highest BCUT2D eigenvalue weighted by atomic mass is 16.6. The van der Waals surface area contributed by atoms with Gasteiger partial charge in [0, 0.05) is 5.56 Å². The van der Waals surface area contributed by atoms with Crippen LogP contribution in [0.1, 0.15) is 52.5 Å². The van der Waals surface area contributed by atoms with E-state index in [-0.39, 0.29) is 0 Å². The minimum Gasteiger partial charge on any atom is -0.494 e. The first-order chi connectivity index (χ1) is 12.7. The van der Waals surface area contributed by atoms with Crippen LogP contribution in [-0.4, -0.2) is 47.3 Å². The van der Waals surface area contributed by atoms with E-state index in [1.54, 1.807) is 32.9 Å². The smallest absolute Gasteiger partial charge is 0.408 e. The standard InChI is InChI=1S/C21H31NO5/c1-5-6-7-14-26-17-11-8-16(9-12-17)10-13-19(24)18(15-23)22-20(25)27-21(2,3)4/h8-9,11-12,18-19,23-24H,5-7,14-15H2,1-4H3,(H,22,25). The van der Waals surface area contributed by atoms with Gasteiger partial charge in [0.15, 0.2) is 0 Å². The number of hydrogen-bond acceptors (Lipinski definition) is 5. The van der Waals surface area contributed by atoms with Crippen LogP contribution in [0, 0.1) is 11.8 Å². The number of rotatable bonds is 8. The quantitative estimate of drug-likeness (QED) is 0.479. The maximum absolute atomic E-state index is 11.8. The van der Waals surface area contributed by atoms with Crippen LogP contribution in [0.5, 0.6) is 5.75 Å². The van der Waals surface area contributed by atoms with Gasteiger partial charge < -0.3 is 25.0 Å². The van der Waals surface area contributed by atoms with Crippen molar-refractivity contribution in [3.63, 3.8) is 0 Å². The van der Waals surface area contributed by atoms with Gasteiger partial charge in [-0.3, -0.25) is 0 Å². The molecule has 1 amide bonds. The minimum atomic E-state index is -1.23. The van der Waals surface area contributed by atoms with Crippen molar-refractivity contribution in [1.29, 1.82) is 0 Å². The largest absolute Gasteiger partial charge is 0.494 e. The lowest BCUT2D eigenvalue weighted by molar-refractivity contribution is 0.0413. The van der Waals surface area contributed by atoms with Gasteiger partial charge in [-0.25, -0.2) is 4.79 Å². The zero-order chi connectivity index (χ0) is 20.3. The number of amides is 1. The van der Waals surface area contributed by atoms with E-state index in [1.807, 2.05) is 12.1 Å². The third-order valence-electron chi connectivity index (χ3n) is 3.52. The van der Waals surface area contributed by atoms with Gasteiger partial charge in [-0.1, -0.05) is 31.6 Å². The Hall–Kier alpha value is -2.23. The molecule has 6 heteroatoms. The average Bonchev–Trinajstić information content (AvgIpc) is 2.60. The second kappa shape index (κ2) is 11.5. The van der Waals surface area contributed by atoms with Crippen molar-refractivity contribution in [2.24, 2.45) is 0 Å². The van der Waals surface area contributed by atoms with Crippen molar-refractivity contribution in [2.75, 3.05) is 13.2 Å². The van der Waals surface area contributed by atoms with Crippen LogP contribution in [0.25, 0.3) is 0 Å². The topological polar surface area (TPSA) is 88.0 Å². The molecule has 0 radical (unpaired) electrons. The first-order valence-corrected chi connectivity index (χ1v) is 9.28. The Morgan fingerprint density at radius 1 is 1.22 bits per heavy atom. The molecule has 1 aromatic carbocycles. The zero-order valence-corrected chi connectivity index (χ0v) is 16.6. The number of benzene rings is 1. The normalized spacial score (nSPS) is 13.1. The van der Waals surface area contributed by atoms with Crippen LogP contribution < -0.4 is 10.1 Å². The summed E-state index contributed by atoms with van der Waals surface area (Å²) < 4.78 is 10.7. The summed E-state index contributed by atoms with van der Waals surface area (Å²) in [5.74, 6) is 6.23. The molecule has 1 aromatic rings. The molecule has 0 aliphatic heterocycles. The maximum Gasteiger partial charge on any atom is 0.408 e. The summed E-state index contributed by atoms with van der Waals surface area (Å²) in [4.78, 5) is 11.8. The molecule has 0 spiro atoms. The number of aliphatic hydroxyl groups excluding tert-OH is 2. The van der Waals surface area contributed by atoms with Gasteiger partial charge in [0.05, 0.1) is 19.3 Å². The predicted octanol–water partition coefficient (Wildman–Crippen LogP) is 2.85. The average molecular weight is 377 g/mol. The Labute approximate surface area is 161 Å². The number of alkyl carbamates (subject to hydrolysis) is 1. The number of unbranched alkanes of at least 4 members (excludes halogenated alkanes) is 2. The minimum absolute atomic E-state index is 0.459. The molecule has 0 bridgehead atoms. The summed E-state index contributed by atoms with van der Waals surface area (Å²) in [5.41, 5.74) is 0.0325. The SMILES string of the molecule is CCCCCOc1ccc(C#CC(O)C(CO)NC(=O)OC(C)(C)C)cc1. The lowest BCUT2D eigenvalue weighted by atomic mass is 10.1. The lowest BCUT2D eigenvalue weighted by Gasteiger charge is -2.23. The Bertz CT molecular complexity index is 625. The van der Waals surface area contributed by atoms with Crippen LogP contribution in [0.15, 0.2) is 24.3 Å². The Balaban J connectivity index is 2.58. The third kappa shape index (κ3) is 9.88. The molecule has 0 saturated carbocycles. The summed E-state index contributed by atoms with van der Waals surface area (Å²) in [7, 11) is 0. The van der Waals surface area contributed by atoms with Crippen molar-refractivity contribution in [2.45, 2.75) is 64.7 Å². The number of aliphatic hydroxyl groups is 2. The predicted molar refractivity (Wildman–Crippen MR) is 105 cm³/mol. The summed E-state index contributed by atoms with van der Waals surface area (Å²) >= 11 is 0. The van der Waals surface area contributed by atoms with E-state index < -0.39 is 30.4 Å². The summed E-state index contributed by atoms with van der Waals surface area (Å²) in [6.45, 7) is 7.56. The van der Waals surface area contributed by atoms with Gasteiger partial charge in [-0.05, 0) is 51.5 Å². The first-order valence-electron chi connectivity index (χ1n) is 9.28. The molecule has 150 valence electrons. The molecule has 0 aromatic heterocycles. The highest BCUT2D eigenvalue weighted by Crippen LogP contribution is 2.12. The molecule has 0 fully saturated rings. The van der Waals surface area contributed by atoms with E-state index in [0.717, 1.165) is 25.0 Å². The van der Waals surface area contributed by atoms with Crippen LogP contribution >= 0.6 is 0 Å². The van der Waals surface area contributed by atoms with Gasteiger partial charge in [0.1, 0.15) is 17.5 Å². The van der Waals surface area contributed by atoms with E-state index >= 15 is 0 Å². The number of ether oxygens (including phenoxy) is 2. The van der Waals surface area contributed by atoms with E-state index in [0.29, 0.717) is 12.2 Å². The Morgan fingerprint density at radius 3 is 2.44 bits per heavy atom. The molecule has 2 atom stereocenters. The van der Waals surface area contributed by atoms with E-state index in [9.17, 15) is 15.0 Å². The Kier molecular flexibility index (Phi) is 9.70. The third-order valence-corrected chi connectivity index (χ3v) is 3.52. The Morgan fingerprint density at radius 2 is 1.89 bits per heavy atom. The van der Waals surface area contributed by atoms with E-state index in [1.165, 1.54) is 0 Å². The molecular weight excluding hydrogens is 346 g/mol. The number of hydrogen-bond donors (Lipinski definition) is 3. The molecule has 6 nitrogen and oxygen atoms in total. The number of carbonyl (C=O) groups is 1. The maximum atomic E-state index is 11.8.